The van der Waals surface area contributed by atoms with Gasteiger partial charge < -0.3 is 15.0 Å². The van der Waals surface area contributed by atoms with Crippen LogP contribution in [0.1, 0.15) is 51.4 Å². The van der Waals surface area contributed by atoms with Crippen molar-refractivity contribution < 1.29 is 9.26 Å². The van der Waals surface area contributed by atoms with Crippen molar-refractivity contribution in [2.45, 2.75) is 52.2 Å². The molecule has 2 N–H and O–H groups in total. The Bertz CT molecular complexity index is 420. The van der Waals surface area contributed by atoms with Gasteiger partial charge in [-0.05, 0) is 25.3 Å². The normalized spacial score (nSPS) is 21.9. The maximum absolute atomic E-state index is 6.09. The average molecular weight is 296 g/mol. The molecule has 21 heavy (non-hydrogen) atoms. The van der Waals surface area contributed by atoms with Crippen LogP contribution in [0.25, 0.3) is 0 Å². The number of aromatic nitrogens is 2. The van der Waals surface area contributed by atoms with Gasteiger partial charge in [-0.15, -0.1) is 0 Å². The van der Waals surface area contributed by atoms with E-state index in [4.69, 9.17) is 15.0 Å². The molecule has 1 aliphatic rings. The minimum absolute atomic E-state index is 0.0714. The third kappa shape index (κ3) is 5.05. The number of hydrogen-bond acceptors (Lipinski definition) is 6. The van der Waals surface area contributed by atoms with E-state index >= 15 is 0 Å². The molecule has 0 saturated carbocycles. The van der Waals surface area contributed by atoms with Gasteiger partial charge in [0.25, 0.3) is 0 Å². The highest BCUT2D eigenvalue weighted by Crippen LogP contribution is 2.20. The van der Waals surface area contributed by atoms with Crippen molar-refractivity contribution in [3.8, 4) is 0 Å². The number of morpholine rings is 1. The van der Waals surface area contributed by atoms with Crippen LogP contribution >= 0.6 is 0 Å². The van der Waals surface area contributed by atoms with Gasteiger partial charge in [-0.25, -0.2) is 0 Å². The average Bonchev–Trinajstić information content (AvgIpc) is 2.87. The molecule has 1 fully saturated rings. The van der Waals surface area contributed by atoms with Gasteiger partial charge in [-0.3, -0.25) is 4.90 Å². The van der Waals surface area contributed by atoms with Gasteiger partial charge in [0.05, 0.1) is 6.61 Å². The molecule has 2 rings (SSSR count). The summed E-state index contributed by atoms with van der Waals surface area (Å²) in [7, 11) is 0. The molecule has 2 heterocycles. The minimum Gasteiger partial charge on any atom is -0.367 e. The molecule has 1 aromatic heterocycles. The van der Waals surface area contributed by atoms with E-state index in [1.165, 1.54) is 0 Å². The predicted octanol–water partition coefficient (Wildman–Crippen LogP) is 1.77. The Morgan fingerprint density at radius 2 is 2.24 bits per heavy atom. The van der Waals surface area contributed by atoms with Crippen LogP contribution < -0.4 is 5.73 Å². The molecule has 0 aromatic carbocycles. The second-order valence-corrected chi connectivity index (χ2v) is 6.30. The topological polar surface area (TPSA) is 77.4 Å². The van der Waals surface area contributed by atoms with E-state index in [9.17, 15) is 0 Å². The van der Waals surface area contributed by atoms with Gasteiger partial charge in [0.2, 0.25) is 11.7 Å². The highest BCUT2D eigenvalue weighted by Gasteiger charge is 2.26. The third-order valence-electron chi connectivity index (χ3n) is 3.67. The zero-order chi connectivity index (χ0) is 15.2. The minimum atomic E-state index is -0.0795. The molecule has 0 bridgehead atoms. The molecule has 0 radical (unpaired) electrons. The molecule has 120 valence electrons. The van der Waals surface area contributed by atoms with Crippen LogP contribution in [0, 0.1) is 5.92 Å². The van der Waals surface area contributed by atoms with Crippen LogP contribution in [-0.4, -0.2) is 47.3 Å². The van der Waals surface area contributed by atoms with E-state index in [2.05, 4.69) is 35.8 Å². The molecule has 1 aliphatic heterocycles. The highest BCUT2D eigenvalue weighted by molar-refractivity contribution is 4.95. The maximum Gasteiger partial charge on any atom is 0.228 e. The molecule has 6 heteroatoms. The molecular formula is C15H28N4O2. The Balaban J connectivity index is 1.90. The fourth-order valence-corrected chi connectivity index (χ4v) is 2.77. The molecule has 0 spiro atoms. The molecule has 2 atom stereocenters. The summed E-state index contributed by atoms with van der Waals surface area (Å²) in [4.78, 5) is 6.85. The highest BCUT2D eigenvalue weighted by atomic mass is 16.5. The summed E-state index contributed by atoms with van der Waals surface area (Å²) in [5, 5.41) is 4.07. The van der Waals surface area contributed by atoms with Gasteiger partial charge in [-0.2, -0.15) is 4.98 Å². The fourth-order valence-electron chi connectivity index (χ4n) is 2.77. The molecule has 0 aliphatic carbocycles. The first-order chi connectivity index (χ1) is 10.1. The van der Waals surface area contributed by atoms with Gasteiger partial charge in [0, 0.05) is 25.6 Å². The first-order valence-corrected chi connectivity index (χ1v) is 8.00. The SMILES string of the molecule is CCCN1CCOC(c2noc(CC(N)CC(C)C)n2)C1. The van der Waals surface area contributed by atoms with Crippen LogP contribution in [0.5, 0.6) is 0 Å². The monoisotopic (exact) mass is 296 g/mol. The number of nitrogens with zero attached hydrogens (tertiary/aromatic N) is 3. The lowest BCUT2D eigenvalue weighted by molar-refractivity contribution is -0.0350. The van der Waals surface area contributed by atoms with Crippen molar-refractivity contribution >= 4 is 0 Å². The number of hydrogen-bond donors (Lipinski definition) is 1. The van der Waals surface area contributed by atoms with Crippen LogP contribution in [0.4, 0.5) is 0 Å². The Labute approximate surface area is 127 Å². The Morgan fingerprint density at radius 3 is 2.95 bits per heavy atom. The molecule has 0 amide bonds. The molecule has 2 unspecified atom stereocenters. The second-order valence-electron chi connectivity index (χ2n) is 6.30. The summed E-state index contributed by atoms with van der Waals surface area (Å²) in [5.41, 5.74) is 6.09. The Kier molecular flexibility index (Phi) is 6.14. The smallest absolute Gasteiger partial charge is 0.228 e. The zero-order valence-corrected chi connectivity index (χ0v) is 13.4. The summed E-state index contributed by atoms with van der Waals surface area (Å²) in [6.07, 6.45) is 2.66. The quantitative estimate of drug-likeness (QED) is 0.826. The number of ether oxygens (including phenoxy) is 1. The van der Waals surface area contributed by atoms with E-state index in [0.717, 1.165) is 39.1 Å². The molecule has 6 nitrogen and oxygen atoms in total. The van der Waals surface area contributed by atoms with E-state index in [1.54, 1.807) is 0 Å². The Hall–Kier alpha value is -0.980. The van der Waals surface area contributed by atoms with Crippen molar-refractivity contribution in [2.75, 3.05) is 26.2 Å². The lowest BCUT2D eigenvalue weighted by atomic mass is 10.0. The Morgan fingerprint density at radius 1 is 1.43 bits per heavy atom. The van der Waals surface area contributed by atoms with Crippen molar-refractivity contribution in [3.05, 3.63) is 11.7 Å². The van der Waals surface area contributed by atoms with E-state index in [0.29, 0.717) is 24.1 Å². The van der Waals surface area contributed by atoms with Crippen LogP contribution in [0.15, 0.2) is 4.52 Å². The van der Waals surface area contributed by atoms with Crippen molar-refractivity contribution in [1.82, 2.24) is 15.0 Å². The van der Waals surface area contributed by atoms with Gasteiger partial charge >= 0.3 is 0 Å². The van der Waals surface area contributed by atoms with Crippen LogP contribution in [0.3, 0.4) is 0 Å². The molecule has 1 aromatic rings. The summed E-state index contributed by atoms with van der Waals surface area (Å²) < 4.78 is 11.1. The van der Waals surface area contributed by atoms with Gasteiger partial charge in [0.15, 0.2) is 0 Å². The van der Waals surface area contributed by atoms with Crippen molar-refractivity contribution in [1.29, 1.82) is 0 Å². The fraction of sp³-hybridized carbons (Fsp3) is 0.867. The first-order valence-electron chi connectivity index (χ1n) is 8.00. The summed E-state index contributed by atoms with van der Waals surface area (Å²) in [5.74, 6) is 1.85. The van der Waals surface area contributed by atoms with Gasteiger partial charge in [-0.1, -0.05) is 25.9 Å². The van der Waals surface area contributed by atoms with Gasteiger partial charge in [0.1, 0.15) is 6.10 Å². The van der Waals surface area contributed by atoms with E-state index in [-0.39, 0.29) is 12.1 Å². The lowest BCUT2D eigenvalue weighted by Gasteiger charge is -2.30. The predicted molar refractivity (Wildman–Crippen MR) is 80.9 cm³/mol. The molecular weight excluding hydrogens is 268 g/mol. The summed E-state index contributed by atoms with van der Waals surface area (Å²) in [6, 6.07) is 0.0714. The van der Waals surface area contributed by atoms with Crippen molar-refractivity contribution in [2.24, 2.45) is 11.7 Å². The maximum atomic E-state index is 6.09. The standard InChI is InChI=1S/C15H28N4O2/c1-4-5-19-6-7-20-13(10-19)15-17-14(21-18-15)9-12(16)8-11(2)3/h11-13H,4-10,16H2,1-3H3. The molecule has 1 saturated heterocycles. The second kappa shape index (κ2) is 7.87. The number of rotatable bonds is 7. The summed E-state index contributed by atoms with van der Waals surface area (Å²) >= 11 is 0. The van der Waals surface area contributed by atoms with E-state index < -0.39 is 0 Å². The third-order valence-corrected chi connectivity index (χ3v) is 3.67. The number of nitrogens with two attached hydrogens (primary N) is 1. The van der Waals surface area contributed by atoms with Crippen LogP contribution in [0.2, 0.25) is 0 Å². The van der Waals surface area contributed by atoms with E-state index in [1.807, 2.05) is 0 Å². The first kappa shape index (κ1) is 16.4. The van der Waals surface area contributed by atoms with Crippen LogP contribution in [-0.2, 0) is 11.2 Å². The largest absolute Gasteiger partial charge is 0.367 e. The summed E-state index contributed by atoms with van der Waals surface area (Å²) in [6.45, 7) is 10.1. The lowest BCUT2D eigenvalue weighted by Crippen LogP contribution is -2.39. The zero-order valence-electron chi connectivity index (χ0n) is 13.4. The van der Waals surface area contributed by atoms with Crippen molar-refractivity contribution in [3.63, 3.8) is 0 Å².